The van der Waals surface area contributed by atoms with Gasteiger partial charge in [0.2, 0.25) is 0 Å². The van der Waals surface area contributed by atoms with Crippen molar-refractivity contribution in [3.8, 4) is 0 Å². The van der Waals surface area contributed by atoms with Crippen molar-refractivity contribution in [2.75, 3.05) is 0 Å². The predicted molar refractivity (Wildman–Crippen MR) is 68.4 cm³/mol. The number of hydrogen-bond acceptors (Lipinski definition) is 5. The standard InChI is InChI=1S/C12H12N2O4S/c1-6-3-4-8(18-6)11(15)13-5-9-14-7(2)10(19-9)12(16)17/h3-4H,5H2,1-2H3,(H,13,15)(H,16,17). The minimum atomic E-state index is -1.01. The number of aryl methyl sites for hydroxylation is 2. The number of hydrogen-bond donors (Lipinski definition) is 2. The highest BCUT2D eigenvalue weighted by Crippen LogP contribution is 2.18. The van der Waals surface area contributed by atoms with Gasteiger partial charge in [-0.1, -0.05) is 0 Å². The molecule has 2 aromatic rings. The molecule has 0 spiro atoms. The van der Waals surface area contributed by atoms with Crippen LogP contribution in [0.4, 0.5) is 0 Å². The van der Waals surface area contributed by atoms with Gasteiger partial charge in [0.1, 0.15) is 15.6 Å². The molecule has 2 aromatic heterocycles. The summed E-state index contributed by atoms with van der Waals surface area (Å²) in [5.74, 6) is -0.472. The van der Waals surface area contributed by atoms with Gasteiger partial charge in [-0.2, -0.15) is 0 Å². The maximum atomic E-state index is 11.7. The number of aromatic nitrogens is 1. The van der Waals surface area contributed by atoms with Crippen LogP contribution in [0.5, 0.6) is 0 Å². The molecule has 2 heterocycles. The molecule has 6 nitrogen and oxygen atoms in total. The fourth-order valence-corrected chi connectivity index (χ4v) is 2.37. The zero-order valence-corrected chi connectivity index (χ0v) is 11.2. The number of nitrogens with one attached hydrogen (secondary N) is 1. The lowest BCUT2D eigenvalue weighted by molar-refractivity contribution is 0.0701. The Morgan fingerprint density at radius 1 is 1.42 bits per heavy atom. The summed E-state index contributed by atoms with van der Waals surface area (Å²) < 4.78 is 5.18. The number of carboxylic acid groups (broad SMARTS) is 1. The summed E-state index contributed by atoms with van der Waals surface area (Å²) in [5, 5.41) is 12.1. The largest absolute Gasteiger partial charge is 0.477 e. The van der Waals surface area contributed by atoms with Crippen molar-refractivity contribution in [2.24, 2.45) is 0 Å². The summed E-state index contributed by atoms with van der Waals surface area (Å²) in [5.41, 5.74) is 0.454. The molecule has 0 aliphatic rings. The Bertz CT molecular complexity index is 629. The van der Waals surface area contributed by atoms with E-state index in [0.717, 1.165) is 11.3 Å². The summed E-state index contributed by atoms with van der Waals surface area (Å²) >= 11 is 1.05. The zero-order valence-electron chi connectivity index (χ0n) is 10.4. The molecule has 19 heavy (non-hydrogen) atoms. The molecule has 0 unspecified atom stereocenters. The molecule has 0 aliphatic carbocycles. The zero-order chi connectivity index (χ0) is 14.0. The van der Waals surface area contributed by atoms with Crippen molar-refractivity contribution in [1.82, 2.24) is 10.3 Å². The highest BCUT2D eigenvalue weighted by atomic mass is 32.1. The molecule has 0 saturated heterocycles. The Morgan fingerprint density at radius 3 is 2.68 bits per heavy atom. The van der Waals surface area contributed by atoms with Crippen LogP contribution in [-0.2, 0) is 6.54 Å². The van der Waals surface area contributed by atoms with E-state index in [4.69, 9.17) is 9.52 Å². The van der Waals surface area contributed by atoms with E-state index < -0.39 is 5.97 Å². The minimum absolute atomic E-state index is 0.178. The molecule has 0 bridgehead atoms. The molecule has 0 atom stereocenters. The van der Waals surface area contributed by atoms with Gasteiger partial charge >= 0.3 is 5.97 Å². The van der Waals surface area contributed by atoms with Crippen LogP contribution in [0.15, 0.2) is 16.5 Å². The molecule has 0 radical (unpaired) electrons. The summed E-state index contributed by atoms with van der Waals surface area (Å²) in [6, 6.07) is 3.28. The van der Waals surface area contributed by atoms with Crippen LogP contribution in [0.25, 0.3) is 0 Å². The van der Waals surface area contributed by atoms with E-state index in [-0.39, 0.29) is 23.1 Å². The molecule has 0 saturated carbocycles. The lowest BCUT2D eigenvalue weighted by atomic mass is 10.4. The van der Waals surface area contributed by atoms with Gasteiger partial charge in [-0.3, -0.25) is 4.79 Å². The molecule has 0 aromatic carbocycles. The Hall–Kier alpha value is -2.15. The molecule has 2 N–H and O–H groups in total. The second-order valence-corrected chi connectivity index (χ2v) is 5.00. The summed E-state index contributed by atoms with van der Waals surface area (Å²) in [7, 11) is 0. The Kier molecular flexibility index (Phi) is 3.66. The highest BCUT2D eigenvalue weighted by Gasteiger charge is 2.15. The van der Waals surface area contributed by atoms with E-state index in [0.29, 0.717) is 16.5 Å². The van der Waals surface area contributed by atoms with Crippen molar-refractivity contribution in [1.29, 1.82) is 0 Å². The summed E-state index contributed by atoms with van der Waals surface area (Å²) in [4.78, 5) is 26.9. The van der Waals surface area contributed by atoms with Gasteiger partial charge in [-0.05, 0) is 26.0 Å². The topological polar surface area (TPSA) is 92.4 Å². The summed E-state index contributed by atoms with van der Waals surface area (Å²) in [6.45, 7) is 3.55. The number of amides is 1. The van der Waals surface area contributed by atoms with Crippen LogP contribution in [0.2, 0.25) is 0 Å². The Balaban J connectivity index is 2.01. The normalized spacial score (nSPS) is 10.4. The maximum Gasteiger partial charge on any atom is 0.347 e. The van der Waals surface area contributed by atoms with Gasteiger partial charge < -0.3 is 14.8 Å². The number of carbonyl (C=O) groups is 2. The number of furan rings is 1. The number of carbonyl (C=O) groups excluding carboxylic acids is 1. The smallest absolute Gasteiger partial charge is 0.347 e. The van der Waals surface area contributed by atoms with Crippen molar-refractivity contribution >= 4 is 23.2 Å². The molecule has 2 rings (SSSR count). The number of carboxylic acids is 1. The molecule has 0 fully saturated rings. The Morgan fingerprint density at radius 2 is 2.16 bits per heavy atom. The average Bonchev–Trinajstić information content (AvgIpc) is 2.92. The number of nitrogens with zero attached hydrogens (tertiary/aromatic N) is 1. The summed E-state index contributed by atoms with van der Waals surface area (Å²) in [6.07, 6.45) is 0. The van der Waals surface area contributed by atoms with Crippen LogP contribution in [0.1, 0.15) is 36.7 Å². The van der Waals surface area contributed by atoms with Crippen molar-refractivity contribution in [3.63, 3.8) is 0 Å². The van der Waals surface area contributed by atoms with Crippen LogP contribution < -0.4 is 5.32 Å². The van der Waals surface area contributed by atoms with Crippen molar-refractivity contribution in [3.05, 3.63) is 39.2 Å². The SMILES string of the molecule is Cc1ccc(C(=O)NCc2nc(C)c(C(=O)O)s2)o1. The fraction of sp³-hybridized carbons (Fsp3) is 0.250. The van der Waals surface area contributed by atoms with Crippen LogP contribution in [-0.4, -0.2) is 22.0 Å². The Labute approximate surface area is 113 Å². The van der Waals surface area contributed by atoms with Crippen LogP contribution in [0, 0.1) is 13.8 Å². The van der Waals surface area contributed by atoms with Crippen molar-refractivity contribution in [2.45, 2.75) is 20.4 Å². The van der Waals surface area contributed by atoms with Gasteiger partial charge in [0, 0.05) is 0 Å². The van der Waals surface area contributed by atoms with Gasteiger partial charge in [0.05, 0.1) is 12.2 Å². The molecule has 100 valence electrons. The van der Waals surface area contributed by atoms with Crippen LogP contribution >= 0.6 is 11.3 Å². The number of thiazole rings is 1. The average molecular weight is 280 g/mol. The molecular weight excluding hydrogens is 268 g/mol. The van der Waals surface area contributed by atoms with Crippen LogP contribution in [0.3, 0.4) is 0 Å². The van der Waals surface area contributed by atoms with Gasteiger partial charge in [0.25, 0.3) is 5.91 Å². The third-order valence-electron chi connectivity index (χ3n) is 2.40. The molecule has 7 heteroatoms. The quantitative estimate of drug-likeness (QED) is 0.893. The van der Waals surface area contributed by atoms with Gasteiger partial charge in [-0.25, -0.2) is 9.78 Å². The van der Waals surface area contributed by atoms with Gasteiger partial charge in [0.15, 0.2) is 5.76 Å². The van der Waals surface area contributed by atoms with E-state index in [1.807, 2.05) is 0 Å². The third-order valence-corrected chi connectivity index (χ3v) is 3.54. The first-order valence-electron chi connectivity index (χ1n) is 5.51. The van der Waals surface area contributed by atoms with Gasteiger partial charge in [-0.15, -0.1) is 11.3 Å². The highest BCUT2D eigenvalue weighted by molar-refractivity contribution is 7.13. The first kappa shape index (κ1) is 13.3. The lowest BCUT2D eigenvalue weighted by Gasteiger charge is -1.99. The number of rotatable bonds is 4. The molecule has 0 aliphatic heterocycles. The maximum absolute atomic E-state index is 11.7. The second kappa shape index (κ2) is 5.23. The molecular formula is C12H12N2O4S. The molecule has 1 amide bonds. The third kappa shape index (κ3) is 3.00. The second-order valence-electron chi connectivity index (χ2n) is 3.92. The van der Waals surface area contributed by atoms with E-state index in [9.17, 15) is 9.59 Å². The number of aromatic carboxylic acids is 1. The first-order valence-corrected chi connectivity index (χ1v) is 6.33. The van der Waals surface area contributed by atoms with Crippen molar-refractivity contribution < 1.29 is 19.1 Å². The monoisotopic (exact) mass is 280 g/mol. The predicted octanol–water partition coefficient (Wildman–Crippen LogP) is 1.98. The van der Waals surface area contributed by atoms with E-state index in [1.54, 1.807) is 26.0 Å². The minimum Gasteiger partial charge on any atom is -0.477 e. The lowest BCUT2D eigenvalue weighted by Crippen LogP contribution is -2.22. The fourth-order valence-electron chi connectivity index (χ4n) is 1.53. The first-order chi connectivity index (χ1) is 8.97. The van der Waals surface area contributed by atoms with E-state index in [1.165, 1.54) is 0 Å². The van der Waals surface area contributed by atoms with E-state index >= 15 is 0 Å². The van der Waals surface area contributed by atoms with E-state index in [2.05, 4.69) is 10.3 Å².